The van der Waals surface area contributed by atoms with Gasteiger partial charge < -0.3 is 15.7 Å². The molecule has 1 heterocycles. The molecule has 3 N–H and O–H groups in total. The quantitative estimate of drug-likeness (QED) is 0.697. The van der Waals surface area contributed by atoms with E-state index < -0.39 is 29.9 Å². The number of aromatic nitrogens is 2. The van der Waals surface area contributed by atoms with Gasteiger partial charge in [-0.25, -0.2) is 14.8 Å². The first-order valence-corrected chi connectivity index (χ1v) is 9.41. The Bertz CT molecular complexity index is 966. The highest BCUT2D eigenvalue weighted by atomic mass is 19.4. The van der Waals surface area contributed by atoms with E-state index in [1.54, 1.807) is 6.07 Å². The fourth-order valence-corrected chi connectivity index (χ4v) is 3.66. The molecule has 1 aliphatic rings. The summed E-state index contributed by atoms with van der Waals surface area (Å²) in [6, 6.07) is 5.53. The number of amides is 2. The zero-order valence-corrected chi connectivity index (χ0v) is 16.0. The summed E-state index contributed by atoms with van der Waals surface area (Å²) in [7, 11) is 0. The van der Waals surface area contributed by atoms with Crippen molar-refractivity contribution < 1.29 is 23.1 Å². The minimum Gasteiger partial charge on any atom is -0.392 e. The number of carbonyl (C=O) groups is 1. The molecule has 0 saturated heterocycles. The molecule has 0 radical (unpaired) electrons. The molecule has 0 bridgehead atoms. The van der Waals surface area contributed by atoms with E-state index in [-0.39, 0.29) is 17.1 Å². The molecule has 158 valence electrons. The van der Waals surface area contributed by atoms with E-state index in [0.717, 1.165) is 37.5 Å². The number of nitrogens with one attached hydrogen (secondary N) is 2. The summed E-state index contributed by atoms with van der Waals surface area (Å²) in [5.74, 6) is -0.0277. The largest absolute Gasteiger partial charge is 0.416 e. The zero-order chi connectivity index (χ0) is 21.8. The van der Waals surface area contributed by atoms with Gasteiger partial charge in [-0.1, -0.05) is 25.3 Å². The number of nitrogens with zero attached hydrogens (tertiary/aromatic N) is 3. The van der Waals surface area contributed by atoms with Crippen LogP contribution < -0.4 is 10.6 Å². The van der Waals surface area contributed by atoms with E-state index in [1.165, 1.54) is 6.20 Å². The Morgan fingerprint density at radius 3 is 2.60 bits per heavy atom. The molecule has 1 fully saturated rings. The Balaban J connectivity index is 1.88. The predicted molar refractivity (Wildman–Crippen MR) is 101 cm³/mol. The third-order valence-electron chi connectivity index (χ3n) is 5.16. The van der Waals surface area contributed by atoms with Crippen LogP contribution in [0.25, 0.3) is 0 Å². The minimum absolute atomic E-state index is 0.0277. The summed E-state index contributed by atoms with van der Waals surface area (Å²) >= 11 is 0. The van der Waals surface area contributed by atoms with Crippen LogP contribution in [-0.2, 0) is 18.3 Å². The molecule has 1 aliphatic carbocycles. The molecule has 2 aromatic rings. The van der Waals surface area contributed by atoms with Crippen LogP contribution in [0.15, 0.2) is 30.5 Å². The average molecular weight is 419 g/mol. The topological polar surface area (TPSA) is 111 Å². The zero-order valence-electron chi connectivity index (χ0n) is 16.0. The van der Waals surface area contributed by atoms with Crippen LogP contribution in [0.3, 0.4) is 0 Å². The summed E-state index contributed by atoms with van der Waals surface area (Å²) in [5.41, 5.74) is -1.29. The highest BCUT2D eigenvalue weighted by molar-refractivity contribution is 5.90. The van der Waals surface area contributed by atoms with Crippen LogP contribution in [0.5, 0.6) is 0 Å². The van der Waals surface area contributed by atoms with Gasteiger partial charge in [0.1, 0.15) is 6.07 Å². The number of aliphatic hydroxyl groups is 1. The Morgan fingerprint density at radius 2 is 1.97 bits per heavy atom. The Hall–Kier alpha value is -3.19. The maximum atomic E-state index is 13.0. The lowest BCUT2D eigenvalue weighted by atomic mass is 9.79. The summed E-state index contributed by atoms with van der Waals surface area (Å²) in [5, 5.41) is 23.8. The Labute approximate surface area is 171 Å². The van der Waals surface area contributed by atoms with Gasteiger partial charge in [0.15, 0.2) is 0 Å². The number of anilines is 1. The molecule has 0 atom stereocenters. The summed E-state index contributed by atoms with van der Waals surface area (Å²) < 4.78 is 39.1. The SMILES string of the molecule is N#Cc1nccc(C2(NC(=O)Nc3cc(C(F)(F)F)ccc3CO)CCCCC2)n1. The molecule has 10 heteroatoms. The van der Waals surface area contributed by atoms with Crippen molar-refractivity contribution in [2.75, 3.05) is 5.32 Å². The van der Waals surface area contributed by atoms with Crippen LogP contribution in [-0.4, -0.2) is 21.1 Å². The van der Waals surface area contributed by atoms with Gasteiger partial charge >= 0.3 is 12.2 Å². The molecule has 0 unspecified atom stereocenters. The van der Waals surface area contributed by atoms with Crippen LogP contribution in [0, 0.1) is 11.3 Å². The van der Waals surface area contributed by atoms with E-state index in [0.29, 0.717) is 18.5 Å². The predicted octanol–water partition coefficient (Wildman–Crippen LogP) is 3.84. The van der Waals surface area contributed by atoms with Gasteiger partial charge in [-0.3, -0.25) is 0 Å². The number of benzene rings is 1. The number of nitriles is 1. The lowest BCUT2D eigenvalue weighted by molar-refractivity contribution is -0.137. The standard InChI is InChI=1S/C20H20F3N5O2/c21-20(22,23)14-5-4-13(12-29)15(10-14)26-18(30)28-19(7-2-1-3-8-19)16-6-9-25-17(11-24)27-16/h4-6,9-10,29H,1-3,7-8,12H2,(H2,26,28,30). The normalized spacial score (nSPS) is 15.8. The van der Waals surface area contributed by atoms with Gasteiger partial charge in [0.25, 0.3) is 0 Å². The van der Waals surface area contributed by atoms with Gasteiger partial charge in [0.05, 0.1) is 23.4 Å². The second kappa shape index (κ2) is 8.67. The van der Waals surface area contributed by atoms with Crippen LogP contribution in [0.2, 0.25) is 0 Å². The number of rotatable bonds is 4. The lowest BCUT2D eigenvalue weighted by Crippen LogP contribution is -2.49. The molecule has 1 aromatic heterocycles. The first-order chi connectivity index (χ1) is 14.3. The number of urea groups is 1. The highest BCUT2D eigenvalue weighted by Gasteiger charge is 2.37. The van der Waals surface area contributed by atoms with Gasteiger partial charge in [-0.2, -0.15) is 18.4 Å². The summed E-state index contributed by atoms with van der Waals surface area (Å²) in [4.78, 5) is 20.8. The maximum absolute atomic E-state index is 13.0. The molecule has 7 nitrogen and oxygen atoms in total. The maximum Gasteiger partial charge on any atom is 0.416 e. The number of aliphatic hydroxyl groups excluding tert-OH is 1. The molecule has 0 spiro atoms. The number of halogens is 3. The number of carbonyl (C=O) groups excluding carboxylic acids is 1. The fraction of sp³-hybridized carbons (Fsp3) is 0.400. The van der Waals surface area contributed by atoms with Crippen LogP contribution in [0.4, 0.5) is 23.7 Å². The summed E-state index contributed by atoms with van der Waals surface area (Å²) in [6.45, 7) is -0.531. The van der Waals surface area contributed by atoms with Crippen molar-refractivity contribution in [3.63, 3.8) is 0 Å². The van der Waals surface area contributed by atoms with Crippen LogP contribution in [0.1, 0.15) is 54.7 Å². The van der Waals surface area contributed by atoms with Crippen molar-refractivity contribution in [1.29, 1.82) is 5.26 Å². The molecule has 30 heavy (non-hydrogen) atoms. The number of hydrogen-bond acceptors (Lipinski definition) is 5. The third-order valence-corrected chi connectivity index (χ3v) is 5.16. The van der Waals surface area contributed by atoms with E-state index in [4.69, 9.17) is 5.26 Å². The van der Waals surface area contributed by atoms with Crippen molar-refractivity contribution in [3.05, 3.63) is 53.1 Å². The van der Waals surface area contributed by atoms with Crippen molar-refractivity contribution in [3.8, 4) is 6.07 Å². The third kappa shape index (κ3) is 4.68. The van der Waals surface area contributed by atoms with Crippen molar-refractivity contribution in [2.24, 2.45) is 0 Å². The first-order valence-electron chi connectivity index (χ1n) is 9.41. The molecular formula is C20H20F3N5O2. The van der Waals surface area contributed by atoms with E-state index >= 15 is 0 Å². The Morgan fingerprint density at radius 1 is 1.23 bits per heavy atom. The van der Waals surface area contributed by atoms with Gasteiger partial charge in [0.2, 0.25) is 5.82 Å². The number of hydrogen-bond donors (Lipinski definition) is 3. The molecule has 1 aromatic carbocycles. The van der Waals surface area contributed by atoms with Gasteiger partial charge in [0, 0.05) is 17.4 Å². The molecule has 2 amide bonds. The van der Waals surface area contributed by atoms with E-state index in [9.17, 15) is 23.1 Å². The number of alkyl halides is 3. The Kier molecular flexibility index (Phi) is 6.22. The molecule has 1 saturated carbocycles. The van der Waals surface area contributed by atoms with Crippen molar-refractivity contribution in [2.45, 2.75) is 50.4 Å². The molecule has 3 rings (SSSR count). The van der Waals surface area contributed by atoms with Gasteiger partial charge in [-0.15, -0.1) is 0 Å². The second-order valence-corrected chi connectivity index (χ2v) is 7.13. The lowest BCUT2D eigenvalue weighted by Gasteiger charge is -2.37. The average Bonchev–Trinajstić information content (AvgIpc) is 2.73. The minimum atomic E-state index is -4.58. The highest BCUT2D eigenvalue weighted by Crippen LogP contribution is 2.37. The van der Waals surface area contributed by atoms with E-state index in [1.807, 2.05) is 6.07 Å². The van der Waals surface area contributed by atoms with Crippen molar-refractivity contribution >= 4 is 11.7 Å². The second-order valence-electron chi connectivity index (χ2n) is 7.13. The van der Waals surface area contributed by atoms with E-state index in [2.05, 4.69) is 20.6 Å². The summed E-state index contributed by atoms with van der Waals surface area (Å²) in [6.07, 6.45) is 0.599. The van der Waals surface area contributed by atoms with Crippen molar-refractivity contribution in [1.82, 2.24) is 15.3 Å². The smallest absolute Gasteiger partial charge is 0.392 e. The van der Waals surface area contributed by atoms with Gasteiger partial charge in [-0.05, 0) is 31.0 Å². The van der Waals surface area contributed by atoms with Crippen LogP contribution >= 0.6 is 0 Å². The molecule has 0 aliphatic heterocycles. The monoisotopic (exact) mass is 419 g/mol. The first kappa shape index (κ1) is 21.5. The molecular weight excluding hydrogens is 399 g/mol. The fourth-order valence-electron chi connectivity index (χ4n) is 3.66.